The van der Waals surface area contributed by atoms with E-state index in [1.54, 1.807) is 0 Å². The third-order valence-electron chi connectivity index (χ3n) is 2.41. The summed E-state index contributed by atoms with van der Waals surface area (Å²) in [6.07, 6.45) is 1.14. The third kappa shape index (κ3) is 4.45. The molecule has 0 aromatic heterocycles. The Hall–Kier alpha value is -0.860. The first-order chi connectivity index (χ1) is 7.24. The standard InChI is InChI=1S/C13H20O2/c1-3-9-15-11(2)13(14)10-12-7-5-4-6-8-12/h4-8,11,13-14H,3,9-10H2,1-2H3/t11-,13+/m0/s1. The van der Waals surface area contributed by atoms with Crippen molar-refractivity contribution in [3.8, 4) is 0 Å². The summed E-state index contributed by atoms with van der Waals surface area (Å²) in [6.45, 7) is 4.70. The summed E-state index contributed by atoms with van der Waals surface area (Å²) in [5.41, 5.74) is 1.15. The molecular formula is C13H20O2. The van der Waals surface area contributed by atoms with Crippen LogP contribution in [0.1, 0.15) is 25.8 Å². The lowest BCUT2D eigenvalue weighted by Gasteiger charge is -2.19. The molecule has 0 aliphatic heterocycles. The molecule has 0 amide bonds. The normalized spacial score (nSPS) is 14.9. The fourth-order valence-electron chi connectivity index (χ4n) is 1.44. The minimum Gasteiger partial charge on any atom is -0.390 e. The summed E-state index contributed by atoms with van der Waals surface area (Å²) in [5, 5.41) is 9.87. The highest BCUT2D eigenvalue weighted by atomic mass is 16.5. The number of aliphatic hydroxyl groups excluding tert-OH is 1. The molecule has 0 saturated carbocycles. The maximum Gasteiger partial charge on any atom is 0.0839 e. The molecule has 0 saturated heterocycles. The Labute approximate surface area is 91.9 Å². The summed E-state index contributed by atoms with van der Waals surface area (Å²) in [7, 11) is 0. The Morgan fingerprint density at radius 1 is 1.27 bits per heavy atom. The van der Waals surface area contributed by atoms with Crippen molar-refractivity contribution < 1.29 is 9.84 Å². The van der Waals surface area contributed by atoms with E-state index < -0.39 is 6.10 Å². The van der Waals surface area contributed by atoms with Crippen molar-refractivity contribution in [2.75, 3.05) is 6.61 Å². The monoisotopic (exact) mass is 208 g/mol. The van der Waals surface area contributed by atoms with Crippen LogP contribution < -0.4 is 0 Å². The van der Waals surface area contributed by atoms with Crippen molar-refractivity contribution in [2.24, 2.45) is 0 Å². The van der Waals surface area contributed by atoms with Crippen LogP contribution >= 0.6 is 0 Å². The van der Waals surface area contributed by atoms with Crippen LogP contribution in [0.25, 0.3) is 0 Å². The molecule has 0 radical (unpaired) electrons. The summed E-state index contributed by atoms with van der Waals surface area (Å²) >= 11 is 0. The molecule has 0 spiro atoms. The zero-order valence-corrected chi connectivity index (χ0v) is 9.52. The first-order valence-corrected chi connectivity index (χ1v) is 5.57. The van der Waals surface area contributed by atoms with E-state index in [9.17, 15) is 5.11 Å². The maximum absolute atomic E-state index is 9.87. The Morgan fingerprint density at radius 3 is 2.53 bits per heavy atom. The second kappa shape index (κ2) is 6.59. The summed E-state index contributed by atoms with van der Waals surface area (Å²) < 4.78 is 5.48. The zero-order valence-electron chi connectivity index (χ0n) is 9.52. The van der Waals surface area contributed by atoms with Crippen molar-refractivity contribution in [3.63, 3.8) is 0 Å². The van der Waals surface area contributed by atoms with Crippen LogP contribution in [0.4, 0.5) is 0 Å². The fourth-order valence-corrected chi connectivity index (χ4v) is 1.44. The van der Waals surface area contributed by atoms with E-state index in [1.165, 1.54) is 0 Å². The van der Waals surface area contributed by atoms with Gasteiger partial charge in [-0.2, -0.15) is 0 Å². The van der Waals surface area contributed by atoms with Crippen LogP contribution in [0.3, 0.4) is 0 Å². The van der Waals surface area contributed by atoms with Gasteiger partial charge in [-0.15, -0.1) is 0 Å². The molecule has 2 atom stereocenters. The van der Waals surface area contributed by atoms with Crippen molar-refractivity contribution in [2.45, 2.75) is 38.9 Å². The van der Waals surface area contributed by atoms with Gasteiger partial charge in [-0.3, -0.25) is 0 Å². The molecule has 84 valence electrons. The molecule has 1 aromatic rings. The van der Waals surface area contributed by atoms with E-state index in [0.717, 1.165) is 12.0 Å². The van der Waals surface area contributed by atoms with Crippen LogP contribution in [0, 0.1) is 0 Å². The van der Waals surface area contributed by atoms with Crippen molar-refractivity contribution in [3.05, 3.63) is 35.9 Å². The predicted molar refractivity (Wildman–Crippen MR) is 61.9 cm³/mol. The van der Waals surface area contributed by atoms with Gasteiger partial charge in [0.2, 0.25) is 0 Å². The van der Waals surface area contributed by atoms with Crippen LogP contribution in [-0.4, -0.2) is 23.9 Å². The van der Waals surface area contributed by atoms with Gasteiger partial charge in [0.15, 0.2) is 0 Å². The number of aliphatic hydroxyl groups is 1. The van der Waals surface area contributed by atoms with E-state index in [-0.39, 0.29) is 6.10 Å². The average molecular weight is 208 g/mol. The number of benzene rings is 1. The molecule has 1 N–H and O–H groups in total. The number of rotatable bonds is 6. The SMILES string of the molecule is CCCO[C@@H](C)[C@H](O)Cc1ccccc1. The Bertz CT molecular complexity index is 258. The summed E-state index contributed by atoms with van der Waals surface area (Å²) in [4.78, 5) is 0. The summed E-state index contributed by atoms with van der Waals surface area (Å²) in [6, 6.07) is 10.00. The average Bonchev–Trinajstić information content (AvgIpc) is 2.27. The van der Waals surface area contributed by atoms with Crippen LogP contribution in [0.15, 0.2) is 30.3 Å². The maximum atomic E-state index is 9.87. The van der Waals surface area contributed by atoms with Crippen LogP contribution in [0.5, 0.6) is 0 Å². The number of hydrogen-bond donors (Lipinski definition) is 1. The van der Waals surface area contributed by atoms with Gasteiger partial charge in [-0.25, -0.2) is 0 Å². The molecular weight excluding hydrogens is 188 g/mol. The van der Waals surface area contributed by atoms with Gasteiger partial charge in [0.1, 0.15) is 0 Å². The Balaban J connectivity index is 2.38. The topological polar surface area (TPSA) is 29.5 Å². The van der Waals surface area contributed by atoms with E-state index >= 15 is 0 Å². The van der Waals surface area contributed by atoms with Gasteiger partial charge in [-0.05, 0) is 18.9 Å². The molecule has 2 heteroatoms. The number of hydrogen-bond acceptors (Lipinski definition) is 2. The van der Waals surface area contributed by atoms with Gasteiger partial charge >= 0.3 is 0 Å². The minimum absolute atomic E-state index is 0.0924. The zero-order chi connectivity index (χ0) is 11.1. The lowest BCUT2D eigenvalue weighted by Crippen LogP contribution is -2.28. The highest BCUT2D eigenvalue weighted by Gasteiger charge is 2.14. The first kappa shape index (κ1) is 12.2. The van der Waals surface area contributed by atoms with E-state index in [2.05, 4.69) is 6.92 Å². The lowest BCUT2D eigenvalue weighted by atomic mass is 10.0. The summed E-state index contributed by atoms with van der Waals surface area (Å²) in [5.74, 6) is 0. The Morgan fingerprint density at radius 2 is 1.93 bits per heavy atom. The smallest absolute Gasteiger partial charge is 0.0839 e. The highest BCUT2D eigenvalue weighted by molar-refractivity contribution is 5.15. The molecule has 15 heavy (non-hydrogen) atoms. The van der Waals surface area contributed by atoms with E-state index in [0.29, 0.717) is 13.0 Å². The second-order valence-electron chi connectivity index (χ2n) is 3.83. The minimum atomic E-state index is -0.418. The largest absolute Gasteiger partial charge is 0.390 e. The molecule has 1 rings (SSSR count). The van der Waals surface area contributed by atoms with E-state index in [1.807, 2.05) is 37.3 Å². The van der Waals surface area contributed by atoms with Crippen molar-refractivity contribution in [1.82, 2.24) is 0 Å². The molecule has 0 bridgehead atoms. The highest BCUT2D eigenvalue weighted by Crippen LogP contribution is 2.08. The van der Waals surface area contributed by atoms with E-state index in [4.69, 9.17) is 4.74 Å². The second-order valence-corrected chi connectivity index (χ2v) is 3.83. The lowest BCUT2D eigenvalue weighted by molar-refractivity contribution is -0.0256. The molecule has 0 aliphatic rings. The third-order valence-corrected chi connectivity index (χ3v) is 2.41. The molecule has 0 fully saturated rings. The predicted octanol–water partition coefficient (Wildman–Crippen LogP) is 2.41. The van der Waals surface area contributed by atoms with Crippen LogP contribution in [0.2, 0.25) is 0 Å². The van der Waals surface area contributed by atoms with Crippen molar-refractivity contribution in [1.29, 1.82) is 0 Å². The molecule has 1 aromatic carbocycles. The number of ether oxygens (including phenoxy) is 1. The van der Waals surface area contributed by atoms with Gasteiger partial charge in [-0.1, -0.05) is 37.3 Å². The fraction of sp³-hybridized carbons (Fsp3) is 0.538. The van der Waals surface area contributed by atoms with Gasteiger partial charge in [0.05, 0.1) is 12.2 Å². The van der Waals surface area contributed by atoms with Gasteiger partial charge in [0, 0.05) is 13.0 Å². The Kier molecular flexibility index (Phi) is 5.37. The molecule has 0 unspecified atom stereocenters. The molecule has 0 heterocycles. The molecule has 2 nitrogen and oxygen atoms in total. The first-order valence-electron chi connectivity index (χ1n) is 5.57. The van der Waals surface area contributed by atoms with Gasteiger partial charge in [0.25, 0.3) is 0 Å². The molecule has 0 aliphatic carbocycles. The van der Waals surface area contributed by atoms with Gasteiger partial charge < -0.3 is 9.84 Å². The van der Waals surface area contributed by atoms with Crippen molar-refractivity contribution >= 4 is 0 Å². The quantitative estimate of drug-likeness (QED) is 0.778. The van der Waals surface area contributed by atoms with Crippen LogP contribution in [-0.2, 0) is 11.2 Å².